The van der Waals surface area contributed by atoms with E-state index in [1.54, 1.807) is 12.5 Å². The summed E-state index contributed by atoms with van der Waals surface area (Å²) in [5.41, 5.74) is -0.297. The molecule has 0 saturated heterocycles. The van der Waals surface area contributed by atoms with Crippen molar-refractivity contribution in [3.05, 3.63) is 54.6 Å². The monoisotopic (exact) mass is 273 g/mol. The van der Waals surface area contributed by atoms with E-state index in [2.05, 4.69) is 10.3 Å². The van der Waals surface area contributed by atoms with Crippen molar-refractivity contribution in [2.45, 2.75) is 25.4 Å². The third-order valence-electron chi connectivity index (χ3n) is 3.41. The summed E-state index contributed by atoms with van der Waals surface area (Å²) in [4.78, 5) is 15.9. The molecule has 0 saturated carbocycles. The summed E-state index contributed by atoms with van der Waals surface area (Å²) in [6.07, 6.45) is 5.68. The average molecular weight is 273 g/mol. The highest BCUT2D eigenvalue weighted by molar-refractivity contribution is 5.80. The van der Waals surface area contributed by atoms with Gasteiger partial charge in [0.25, 0.3) is 0 Å². The fourth-order valence-electron chi connectivity index (χ4n) is 2.38. The molecule has 1 heterocycles. The molecule has 0 spiro atoms. The first-order valence-electron chi connectivity index (χ1n) is 6.68. The van der Waals surface area contributed by atoms with Crippen LogP contribution in [0.4, 0.5) is 0 Å². The predicted molar refractivity (Wildman–Crippen MR) is 76.3 cm³/mol. The molecule has 0 aliphatic heterocycles. The van der Waals surface area contributed by atoms with Gasteiger partial charge in [-0.2, -0.15) is 0 Å². The van der Waals surface area contributed by atoms with Crippen LogP contribution in [-0.2, 0) is 16.9 Å². The van der Waals surface area contributed by atoms with Crippen molar-refractivity contribution in [2.24, 2.45) is 0 Å². The van der Waals surface area contributed by atoms with E-state index in [4.69, 9.17) is 0 Å². The molecule has 20 heavy (non-hydrogen) atoms. The second-order valence-electron chi connectivity index (χ2n) is 4.66. The Morgan fingerprint density at radius 3 is 2.70 bits per heavy atom. The van der Waals surface area contributed by atoms with Crippen molar-refractivity contribution in [2.75, 3.05) is 6.54 Å². The summed E-state index contributed by atoms with van der Waals surface area (Å²) < 4.78 is 1.89. The Kier molecular flexibility index (Phi) is 4.53. The standard InChI is InChI=1S/C15H19N3O2/c1-2-17-15(14(19)20,13-6-4-3-5-7-13)8-10-18-11-9-16-12-18/h3-7,9,11-12,17H,2,8,10H2,1H3,(H,19,20). The molecule has 1 unspecified atom stereocenters. The first-order chi connectivity index (χ1) is 9.69. The van der Waals surface area contributed by atoms with Crippen LogP contribution in [-0.4, -0.2) is 27.2 Å². The van der Waals surface area contributed by atoms with Crippen molar-refractivity contribution in [3.8, 4) is 0 Å². The van der Waals surface area contributed by atoms with Crippen LogP contribution < -0.4 is 5.32 Å². The predicted octanol–water partition coefficient (Wildman–Crippen LogP) is 1.86. The molecule has 5 heteroatoms. The zero-order valence-electron chi connectivity index (χ0n) is 11.5. The number of aryl methyl sites for hydroxylation is 1. The lowest BCUT2D eigenvalue weighted by Gasteiger charge is -2.31. The van der Waals surface area contributed by atoms with Crippen LogP contribution in [0.2, 0.25) is 0 Å². The first kappa shape index (κ1) is 14.3. The van der Waals surface area contributed by atoms with Gasteiger partial charge in [-0.15, -0.1) is 0 Å². The zero-order valence-corrected chi connectivity index (χ0v) is 11.5. The lowest BCUT2D eigenvalue weighted by atomic mass is 9.86. The van der Waals surface area contributed by atoms with Crippen LogP contribution in [0.5, 0.6) is 0 Å². The third kappa shape index (κ3) is 2.88. The van der Waals surface area contributed by atoms with Gasteiger partial charge in [0.05, 0.1) is 6.33 Å². The lowest BCUT2D eigenvalue weighted by molar-refractivity contribution is -0.146. The average Bonchev–Trinajstić information content (AvgIpc) is 2.97. The van der Waals surface area contributed by atoms with Gasteiger partial charge in [-0.05, 0) is 18.5 Å². The van der Waals surface area contributed by atoms with Crippen molar-refractivity contribution in [3.63, 3.8) is 0 Å². The highest BCUT2D eigenvalue weighted by Gasteiger charge is 2.39. The summed E-state index contributed by atoms with van der Waals surface area (Å²) >= 11 is 0. The van der Waals surface area contributed by atoms with E-state index in [0.717, 1.165) is 5.56 Å². The molecular weight excluding hydrogens is 254 g/mol. The highest BCUT2D eigenvalue weighted by Crippen LogP contribution is 2.26. The van der Waals surface area contributed by atoms with E-state index in [-0.39, 0.29) is 0 Å². The van der Waals surface area contributed by atoms with E-state index in [1.807, 2.05) is 48.0 Å². The summed E-state index contributed by atoms with van der Waals surface area (Å²) in [6, 6.07) is 9.32. The van der Waals surface area contributed by atoms with Gasteiger partial charge in [-0.25, -0.2) is 9.78 Å². The maximum atomic E-state index is 11.9. The van der Waals surface area contributed by atoms with Gasteiger partial charge in [0.1, 0.15) is 5.54 Å². The number of aliphatic carboxylic acids is 1. The Hall–Kier alpha value is -2.14. The Morgan fingerprint density at radius 2 is 2.15 bits per heavy atom. The minimum atomic E-state index is -1.07. The van der Waals surface area contributed by atoms with Crippen LogP contribution in [0.1, 0.15) is 18.9 Å². The van der Waals surface area contributed by atoms with Crippen molar-refractivity contribution < 1.29 is 9.90 Å². The lowest BCUT2D eigenvalue weighted by Crippen LogP contribution is -2.49. The van der Waals surface area contributed by atoms with Gasteiger partial charge >= 0.3 is 5.97 Å². The number of benzene rings is 1. The molecule has 0 aliphatic rings. The fourth-order valence-corrected chi connectivity index (χ4v) is 2.38. The molecule has 2 N–H and O–H groups in total. The molecular formula is C15H19N3O2. The van der Waals surface area contributed by atoms with Gasteiger partial charge in [0.15, 0.2) is 0 Å². The zero-order chi connectivity index (χ0) is 14.4. The number of rotatable bonds is 7. The largest absolute Gasteiger partial charge is 0.480 e. The SMILES string of the molecule is CCNC(CCn1ccnc1)(C(=O)O)c1ccccc1. The minimum absolute atomic E-state index is 0.455. The van der Waals surface area contributed by atoms with Gasteiger partial charge < -0.3 is 9.67 Å². The molecule has 0 fully saturated rings. The maximum absolute atomic E-state index is 11.9. The number of nitrogens with one attached hydrogen (secondary N) is 1. The second-order valence-corrected chi connectivity index (χ2v) is 4.66. The highest BCUT2D eigenvalue weighted by atomic mass is 16.4. The summed E-state index contributed by atoms with van der Waals surface area (Å²) in [5, 5.41) is 12.9. The van der Waals surface area contributed by atoms with Gasteiger partial charge in [-0.1, -0.05) is 37.3 Å². The smallest absolute Gasteiger partial charge is 0.328 e. The van der Waals surface area contributed by atoms with Crippen LogP contribution in [0.25, 0.3) is 0 Å². The number of carboxylic acid groups (broad SMARTS) is 1. The Labute approximate surface area is 118 Å². The molecule has 1 aromatic heterocycles. The van der Waals surface area contributed by atoms with Crippen LogP contribution in [0.15, 0.2) is 49.1 Å². The fraction of sp³-hybridized carbons (Fsp3) is 0.333. The van der Waals surface area contributed by atoms with E-state index in [9.17, 15) is 9.90 Å². The number of hydrogen-bond donors (Lipinski definition) is 2. The number of hydrogen-bond acceptors (Lipinski definition) is 3. The Bertz CT molecular complexity index is 540. The number of carboxylic acids is 1. The first-order valence-corrected chi connectivity index (χ1v) is 6.68. The van der Waals surface area contributed by atoms with Crippen molar-refractivity contribution in [1.29, 1.82) is 0 Å². The minimum Gasteiger partial charge on any atom is -0.480 e. The quantitative estimate of drug-likeness (QED) is 0.808. The Balaban J connectivity index is 2.29. The number of likely N-dealkylation sites (N-methyl/N-ethyl adjacent to an activating group) is 1. The van der Waals surface area contributed by atoms with Gasteiger partial charge in [0.2, 0.25) is 0 Å². The van der Waals surface area contributed by atoms with E-state index in [1.165, 1.54) is 0 Å². The molecule has 106 valence electrons. The molecule has 1 atom stereocenters. The number of imidazole rings is 1. The summed E-state index contributed by atoms with van der Waals surface area (Å²) in [6.45, 7) is 3.09. The molecule has 0 radical (unpaired) electrons. The number of aromatic nitrogens is 2. The molecule has 5 nitrogen and oxygen atoms in total. The van der Waals surface area contributed by atoms with Crippen molar-refractivity contribution >= 4 is 5.97 Å². The molecule has 1 aromatic carbocycles. The third-order valence-corrected chi connectivity index (χ3v) is 3.41. The van der Waals surface area contributed by atoms with Crippen LogP contribution >= 0.6 is 0 Å². The molecule has 2 aromatic rings. The second kappa shape index (κ2) is 6.34. The molecule has 0 bridgehead atoms. The van der Waals surface area contributed by atoms with Crippen LogP contribution in [0.3, 0.4) is 0 Å². The van der Waals surface area contributed by atoms with Gasteiger partial charge in [0, 0.05) is 18.9 Å². The van der Waals surface area contributed by atoms with Gasteiger partial charge in [-0.3, -0.25) is 5.32 Å². The number of nitrogens with zero attached hydrogens (tertiary/aromatic N) is 2. The van der Waals surface area contributed by atoms with E-state index in [0.29, 0.717) is 19.5 Å². The van der Waals surface area contributed by atoms with Crippen molar-refractivity contribution in [1.82, 2.24) is 14.9 Å². The molecule has 0 amide bonds. The summed E-state index contributed by atoms with van der Waals surface area (Å²) in [7, 11) is 0. The normalized spacial score (nSPS) is 13.8. The molecule has 2 rings (SSSR count). The van der Waals surface area contributed by atoms with E-state index < -0.39 is 11.5 Å². The topological polar surface area (TPSA) is 67.2 Å². The Morgan fingerprint density at radius 1 is 1.40 bits per heavy atom. The molecule has 0 aliphatic carbocycles. The van der Waals surface area contributed by atoms with E-state index >= 15 is 0 Å². The maximum Gasteiger partial charge on any atom is 0.328 e. The number of carbonyl (C=O) groups is 1. The van der Waals surface area contributed by atoms with Crippen LogP contribution in [0, 0.1) is 0 Å². The summed E-state index contributed by atoms with van der Waals surface area (Å²) in [5.74, 6) is -0.856.